The van der Waals surface area contributed by atoms with Crippen LogP contribution in [0.2, 0.25) is 0 Å². The Kier molecular flexibility index (Phi) is 6.20. The summed E-state index contributed by atoms with van der Waals surface area (Å²) in [6.45, 7) is 5.73. The van der Waals surface area contributed by atoms with E-state index < -0.39 is 29.4 Å². The molecule has 1 amide bonds. The summed E-state index contributed by atoms with van der Waals surface area (Å²) in [5, 5.41) is 7.36. The van der Waals surface area contributed by atoms with E-state index in [1.807, 2.05) is 0 Å². The summed E-state index contributed by atoms with van der Waals surface area (Å²) >= 11 is 0. The number of aryl methyl sites for hydroxylation is 1. The monoisotopic (exact) mass is 487 g/mol. The first-order chi connectivity index (χ1) is 16.9. The van der Waals surface area contributed by atoms with Crippen LogP contribution in [0, 0.1) is 18.6 Å². The number of methoxy groups -OCH3 is 1. The molecule has 0 radical (unpaired) electrons. The van der Waals surface area contributed by atoms with Gasteiger partial charge in [-0.05, 0) is 42.3 Å². The van der Waals surface area contributed by atoms with Crippen LogP contribution in [0.25, 0.3) is 11.4 Å². The van der Waals surface area contributed by atoms with Crippen molar-refractivity contribution in [2.75, 3.05) is 33.3 Å². The molecule has 1 N–H and O–H groups in total. The van der Waals surface area contributed by atoms with Crippen molar-refractivity contribution in [1.29, 1.82) is 0 Å². The first-order valence-electron chi connectivity index (χ1n) is 11.2. The van der Waals surface area contributed by atoms with Crippen molar-refractivity contribution in [3.8, 4) is 17.1 Å². The van der Waals surface area contributed by atoms with Crippen LogP contribution >= 0.6 is 0 Å². The minimum Gasteiger partial charge on any atom is -0.494 e. The largest absolute Gasteiger partial charge is 0.494 e. The lowest BCUT2D eigenvalue weighted by atomic mass is 10.00. The minimum absolute atomic E-state index is 0.109. The van der Waals surface area contributed by atoms with Crippen molar-refractivity contribution in [3.63, 3.8) is 0 Å². The highest BCUT2D eigenvalue weighted by molar-refractivity contribution is 6.00. The Bertz CT molecular complexity index is 1280. The fraction of sp³-hybridized carbons (Fsp3) is 0.375. The first kappa shape index (κ1) is 23.3. The molecule has 5 rings (SSSR count). The first-order valence-corrected chi connectivity index (χ1v) is 11.2. The lowest BCUT2D eigenvalue weighted by Crippen LogP contribution is -2.42. The number of fused-ring (bicyclic) bond motifs is 1. The lowest BCUT2D eigenvalue weighted by molar-refractivity contribution is 0.0469. The summed E-state index contributed by atoms with van der Waals surface area (Å²) < 4.78 is 54.1. The van der Waals surface area contributed by atoms with E-state index in [2.05, 4.69) is 20.4 Å². The van der Waals surface area contributed by atoms with Crippen LogP contribution in [0.3, 0.4) is 0 Å². The van der Waals surface area contributed by atoms with Crippen molar-refractivity contribution in [2.24, 2.45) is 0 Å². The Balaban J connectivity index is 1.38. The van der Waals surface area contributed by atoms with Crippen molar-refractivity contribution < 1.29 is 27.2 Å². The molecule has 1 aromatic heterocycles. The molecule has 1 fully saturated rings. The molecule has 3 heterocycles. The average molecular weight is 487 g/mol. The normalized spacial score (nSPS) is 17.1. The van der Waals surface area contributed by atoms with Crippen molar-refractivity contribution in [3.05, 3.63) is 64.0 Å². The van der Waals surface area contributed by atoms with Crippen molar-refractivity contribution >= 4 is 5.91 Å². The van der Waals surface area contributed by atoms with Gasteiger partial charge in [-0.2, -0.15) is 9.37 Å². The number of hydrogen-bond acceptors (Lipinski definition) is 7. The number of nitrogens with one attached hydrogen (secondary N) is 1. The predicted octanol–water partition coefficient (Wildman–Crippen LogP) is 3.36. The Morgan fingerprint density at radius 3 is 2.71 bits per heavy atom. The summed E-state index contributed by atoms with van der Waals surface area (Å²) in [7, 11) is 1.18. The number of carbonyl (C=O) groups excluding carboxylic acids is 1. The van der Waals surface area contributed by atoms with Gasteiger partial charge in [-0.1, -0.05) is 5.16 Å². The van der Waals surface area contributed by atoms with Gasteiger partial charge >= 0.3 is 0 Å². The van der Waals surface area contributed by atoms with Crippen LogP contribution in [0.4, 0.5) is 13.2 Å². The second-order valence-electron chi connectivity index (χ2n) is 8.62. The zero-order valence-electron chi connectivity index (χ0n) is 19.3. The maximum atomic E-state index is 15.3. The van der Waals surface area contributed by atoms with Crippen LogP contribution < -0.4 is 10.1 Å². The molecule has 11 heteroatoms. The maximum Gasteiger partial charge on any atom is 0.257 e. The maximum absolute atomic E-state index is 15.3. The third-order valence-electron chi connectivity index (χ3n) is 6.35. The van der Waals surface area contributed by atoms with Crippen LogP contribution in [0.5, 0.6) is 5.75 Å². The molecule has 0 bridgehead atoms. The number of halogens is 3. The molecule has 2 aromatic carbocycles. The number of aromatic nitrogens is 2. The Labute approximate surface area is 199 Å². The molecular weight excluding hydrogens is 463 g/mol. The van der Waals surface area contributed by atoms with E-state index in [1.165, 1.54) is 7.11 Å². The molecule has 2 aliphatic rings. The zero-order chi connectivity index (χ0) is 24.7. The van der Waals surface area contributed by atoms with E-state index in [-0.39, 0.29) is 12.3 Å². The van der Waals surface area contributed by atoms with Crippen LogP contribution in [-0.4, -0.2) is 59.1 Å². The van der Waals surface area contributed by atoms with E-state index in [0.29, 0.717) is 40.5 Å². The van der Waals surface area contributed by atoms with E-state index >= 15 is 4.39 Å². The molecule has 1 unspecified atom stereocenters. The number of ether oxygens (including phenoxy) is 1. The van der Waals surface area contributed by atoms with Gasteiger partial charge in [-0.25, -0.2) is 8.78 Å². The van der Waals surface area contributed by atoms with Gasteiger partial charge in [-0.3, -0.25) is 9.69 Å². The number of benzene rings is 2. The second-order valence-corrected chi connectivity index (χ2v) is 8.62. The smallest absolute Gasteiger partial charge is 0.257 e. The van der Waals surface area contributed by atoms with Gasteiger partial charge in [0.05, 0.1) is 13.7 Å². The highest BCUT2D eigenvalue weighted by Crippen LogP contribution is 2.38. The number of nitrogens with zero attached hydrogens (tertiary/aromatic N) is 4. The standard InChI is InChI=1S/C24H24F3N5O3/c1-13-9-14(23-29-18(35-30-23)12-31-7-5-28-6-8-31)10-15-11-32(24(33)19(13)15)22(27)16-3-4-17(34-2)21(26)20(16)25/h3-4,9-10,22,28H,5-8,11-12H2,1-2H3. The highest BCUT2D eigenvalue weighted by Gasteiger charge is 2.37. The summed E-state index contributed by atoms with van der Waals surface area (Å²) in [5.41, 5.74) is 1.54. The minimum atomic E-state index is -2.17. The molecule has 35 heavy (non-hydrogen) atoms. The fourth-order valence-electron chi connectivity index (χ4n) is 4.56. The molecule has 0 saturated carbocycles. The number of piperazine rings is 1. The molecule has 1 saturated heterocycles. The lowest BCUT2D eigenvalue weighted by Gasteiger charge is -2.25. The van der Waals surface area contributed by atoms with Crippen LogP contribution in [0.1, 0.15) is 39.2 Å². The third kappa shape index (κ3) is 4.25. The quantitative estimate of drug-likeness (QED) is 0.534. The molecule has 184 valence electrons. The second kappa shape index (κ2) is 9.31. The van der Waals surface area contributed by atoms with Gasteiger partial charge in [-0.15, -0.1) is 0 Å². The van der Waals surface area contributed by atoms with Gasteiger partial charge in [0.1, 0.15) is 0 Å². The Hall–Kier alpha value is -3.44. The molecular formula is C24H24F3N5O3. The topological polar surface area (TPSA) is 83.7 Å². The van der Waals surface area contributed by atoms with E-state index in [4.69, 9.17) is 9.26 Å². The number of alkyl halides is 1. The molecule has 2 aliphatic heterocycles. The molecule has 1 atom stereocenters. The molecule has 3 aromatic rings. The molecule has 0 spiro atoms. The van der Waals surface area contributed by atoms with E-state index in [0.717, 1.165) is 43.2 Å². The number of amides is 1. The van der Waals surface area contributed by atoms with Gasteiger partial charge in [0.2, 0.25) is 23.8 Å². The van der Waals surface area contributed by atoms with Crippen LogP contribution in [0.15, 0.2) is 28.8 Å². The Morgan fingerprint density at radius 2 is 1.97 bits per heavy atom. The van der Waals surface area contributed by atoms with Gasteiger partial charge in [0.15, 0.2) is 11.6 Å². The van der Waals surface area contributed by atoms with Gasteiger partial charge in [0, 0.05) is 49.4 Å². The predicted molar refractivity (Wildman–Crippen MR) is 119 cm³/mol. The highest BCUT2D eigenvalue weighted by atomic mass is 19.2. The molecule has 0 aliphatic carbocycles. The Morgan fingerprint density at radius 1 is 1.20 bits per heavy atom. The summed E-state index contributed by atoms with van der Waals surface area (Å²) in [6.07, 6.45) is -2.17. The average Bonchev–Trinajstić information content (AvgIpc) is 3.45. The summed E-state index contributed by atoms with van der Waals surface area (Å²) in [5.74, 6) is -2.78. The molecule has 8 nitrogen and oxygen atoms in total. The summed E-state index contributed by atoms with van der Waals surface area (Å²) in [6, 6.07) is 5.65. The number of rotatable bonds is 6. The van der Waals surface area contributed by atoms with Crippen molar-refractivity contribution in [1.82, 2.24) is 25.3 Å². The number of hydrogen-bond donors (Lipinski definition) is 1. The van der Waals surface area contributed by atoms with E-state index in [9.17, 15) is 13.6 Å². The van der Waals surface area contributed by atoms with E-state index in [1.54, 1.807) is 19.1 Å². The van der Waals surface area contributed by atoms with Crippen molar-refractivity contribution in [2.45, 2.75) is 26.3 Å². The fourth-order valence-corrected chi connectivity index (χ4v) is 4.56. The number of carbonyl (C=O) groups is 1. The summed E-state index contributed by atoms with van der Waals surface area (Å²) in [4.78, 5) is 20.6. The van der Waals surface area contributed by atoms with Gasteiger partial charge in [0.25, 0.3) is 5.91 Å². The third-order valence-corrected chi connectivity index (χ3v) is 6.35. The van der Waals surface area contributed by atoms with Gasteiger partial charge < -0.3 is 19.5 Å². The SMILES string of the molecule is COc1ccc(C(F)N2Cc3cc(-c4noc(CN5CCNCC5)n4)cc(C)c3C2=O)c(F)c1F. The van der Waals surface area contributed by atoms with Crippen LogP contribution in [-0.2, 0) is 13.1 Å². The zero-order valence-corrected chi connectivity index (χ0v) is 19.3.